The Morgan fingerprint density at radius 1 is 1.03 bits per heavy atom. The van der Waals surface area contributed by atoms with E-state index in [-0.39, 0.29) is 22.0 Å². The van der Waals surface area contributed by atoms with Gasteiger partial charge in [-0.25, -0.2) is 25.8 Å². The molecule has 3 aromatic rings. The third-order valence-electron chi connectivity index (χ3n) is 5.65. The molecule has 0 aliphatic carbocycles. The molecule has 0 bridgehead atoms. The van der Waals surface area contributed by atoms with Crippen LogP contribution in [0.3, 0.4) is 0 Å². The molecule has 4 rings (SSSR count). The highest BCUT2D eigenvalue weighted by molar-refractivity contribution is 7.90. The van der Waals surface area contributed by atoms with Crippen molar-refractivity contribution in [1.29, 1.82) is 0 Å². The molecule has 11 heteroatoms. The molecule has 2 heterocycles. The molecule has 0 fully saturated rings. The fourth-order valence-corrected chi connectivity index (χ4v) is 5.98. The summed E-state index contributed by atoms with van der Waals surface area (Å²) in [5.74, 6) is -0.589. The number of benzene rings is 2. The Kier molecular flexibility index (Phi) is 5.67. The summed E-state index contributed by atoms with van der Waals surface area (Å²) in [5.41, 5.74) is 3.94. The van der Waals surface area contributed by atoms with Crippen molar-refractivity contribution < 1.29 is 21.6 Å². The average molecular weight is 489 g/mol. The second-order valence-electron chi connectivity index (χ2n) is 8.25. The summed E-state index contributed by atoms with van der Waals surface area (Å²) in [6.07, 6.45) is 0. The van der Waals surface area contributed by atoms with Gasteiger partial charge in [-0.1, -0.05) is 6.07 Å². The first-order valence-corrected chi connectivity index (χ1v) is 13.4. The van der Waals surface area contributed by atoms with Gasteiger partial charge in [0.15, 0.2) is 9.84 Å². The Bertz CT molecular complexity index is 1470. The molecule has 2 aromatic carbocycles. The van der Waals surface area contributed by atoms with Gasteiger partial charge in [0.25, 0.3) is 5.91 Å². The minimum Gasteiger partial charge on any atom is -0.306 e. The van der Waals surface area contributed by atoms with Crippen LogP contribution in [-0.2, 0) is 31.4 Å². The largest absolute Gasteiger partial charge is 0.306 e. The van der Waals surface area contributed by atoms with E-state index >= 15 is 0 Å². The second-order valence-corrected chi connectivity index (χ2v) is 12.5. The van der Waals surface area contributed by atoms with E-state index in [9.17, 15) is 21.6 Å². The molecule has 1 aromatic heterocycles. The van der Waals surface area contributed by atoms with Gasteiger partial charge < -0.3 is 5.32 Å². The van der Waals surface area contributed by atoms with Crippen LogP contribution < -0.4 is 5.32 Å². The van der Waals surface area contributed by atoms with E-state index in [4.69, 9.17) is 0 Å². The van der Waals surface area contributed by atoms with Crippen molar-refractivity contribution in [2.75, 3.05) is 19.4 Å². The van der Waals surface area contributed by atoms with Crippen LogP contribution in [0, 0.1) is 13.8 Å². The van der Waals surface area contributed by atoms with Crippen molar-refractivity contribution in [3.05, 3.63) is 70.4 Å². The van der Waals surface area contributed by atoms with Gasteiger partial charge in [-0.3, -0.25) is 4.79 Å². The van der Waals surface area contributed by atoms with Gasteiger partial charge in [0.05, 0.1) is 27.8 Å². The van der Waals surface area contributed by atoms with E-state index in [0.717, 1.165) is 15.4 Å². The highest BCUT2D eigenvalue weighted by atomic mass is 32.2. The van der Waals surface area contributed by atoms with E-state index < -0.39 is 25.8 Å². The van der Waals surface area contributed by atoms with E-state index in [2.05, 4.69) is 10.4 Å². The second kappa shape index (κ2) is 8.08. The van der Waals surface area contributed by atoms with Crippen LogP contribution in [0.25, 0.3) is 5.69 Å². The van der Waals surface area contributed by atoms with Crippen molar-refractivity contribution in [3.63, 3.8) is 0 Å². The van der Waals surface area contributed by atoms with Gasteiger partial charge >= 0.3 is 0 Å². The highest BCUT2D eigenvalue weighted by Crippen LogP contribution is 2.33. The number of aryl methyl sites for hydroxylation is 2. The molecule has 1 aliphatic heterocycles. The number of carbonyl (C=O) groups excluding carboxylic acids is 1. The maximum atomic E-state index is 13.0. The van der Waals surface area contributed by atoms with Gasteiger partial charge in [-0.05, 0) is 61.4 Å². The summed E-state index contributed by atoms with van der Waals surface area (Å²) in [6.45, 7) is 3.94. The Labute approximate surface area is 193 Å². The zero-order valence-corrected chi connectivity index (χ0v) is 20.3. The smallest absolute Gasteiger partial charge is 0.256 e. The molecule has 0 saturated heterocycles. The fourth-order valence-electron chi connectivity index (χ4n) is 3.58. The molecule has 0 saturated carbocycles. The minimum absolute atomic E-state index is 0.0659. The number of rotatable bonds is 5. The SMILES string of the molecule is Cc1ccc(-n2nc3c(c2NC(=O)c2ccc(S(=O)(=O)N(C)C)cc2)CS(=O)(=O)C3)cc1C. The topological polar surface area (TPSA) is 118 Å². The van der Waals surface area contributed by atoms with E-state index in [0.29, 0.717) is 22.8 Å². The summed E-state index contributed by atoms with van der Waals surface area (Å²) in [5, 5.41) is 7.27. The van der Waals surface area contributed by atoms with Crippen molar-refractivity contribution in [2.45, 2.75) is 30.2 Å². The lowest BCUT2D eigenvalue weighted by molar-refractivity contribution is 0.102. The lowest BCUT2D eigenvalue weighted by Gasteiger charge is -2.13. The van der Waals surface area contributed by atoms with Crippen LogP contribution in [0.2, 0.25) is 0 Å². The number of sulfonamides is 1. The standard InChI is InChI=1S/C22H24N4O5S2/c1-14-5-8-17(11-15(14)2)26-21(19-12-32(28,29)13-20(19)24-26)23-22(27)16-6-9-18(10-7-16)33(30,31)25(3)4/h5-11H,12-13H2,1-4H3,(H,23,27). The zero-order chi connectivity index (χ0) is 24.1. The number of sulfone groups is 1. The highest BCUT2D eigenvalue weighted by Gasteiger charge is 2.33. The molecule has 174 valence electrons. The molecule has 0 atom stereocenters. The van der Waals surface area contributed by atoms with Crippen LogP contribution >= 0.6 is 0 Å². The summed E-state index contributed by atoms with van der Waals surface area (Å²) >= 11 is 0. The average Bonchev–Trinajstić information content (AvgIpc) is 3.22. The predicted octanol–water partition coefficient (Wildman–Crippen LogP) is 2.42. The van der Waals surface area contributed by atoms with Crippen molar-refractivity contribution in [1.82, 2.24) is 14.1 Å². The summed E-state index contributed by atoms with van der Waals surface area (Å²) in [4.78, 5) is 13.1. The Hall–Kier alpha value is -3.02. The van der Waals surface area contributed by atoms with Crippen LogP contribution in [0.4, 0.5) is 5.82 Å². The maximum absolute atomic E-state index is 13.0. The third kappa shape index (κ3) is 4.31. The van der Waals surface area contributed by atoms with Crippen LogP contribution in [0.15, 0.2) is 47.4 Å². The first-order valence-electron chi connectivity index (χ1n) is 10.1. The molecule has 1 N–H and O–H groups in total. The van der Waals surface area contributed by atoms with E-state index in [1.54, 1.807) is 4.68 Å². The third-order valence-corrected chi connectivity index (χ3v) is 8.92. The molecular formula is C22H24N4O5S2. The maximum Gasteiger partial charge on any atom is 0.256 e. The number of fused-ring (bicyclic) bond motifs is 1. The summed E-state index contributed by atoms with van der Waals surface area (Å²) < 4.78 is 51.5. The number of aromatic nitrogens is 2. The number of hydrogen-bond donors (Lipinski definition) is 1. The lowest BCUT2D eigenvalue weighted by atomic mass is 10.1. The summed E-state index contributed by atoms with van der Waals surface area (Å²) in [7, 11) is -4.09. The van der Waals surface area contributed by atoms with Crippen molar-refractivity contribution in [2.24, 2.45) is 0 Å². The Balaban J connectivity index is 1.71. The zero-order valence-electron chi connectivity index (χ0n) is 18.7. The number of nitrogens with zero attached hydrogens (tertiary/aromatic N) is 3. The number of hydrogen-bond acceptors (Lipinski definition) is 6. The quantitative estimate of drug-likeness (QED) is 0.589. The van der Waals surface area contributed by atoms with Gasteiger partial charge in [0, 0.05) is 25.2 Å². The summed E-state index contributed by atoms with van der Waals surface area (Å²) in [6, 6.07) is 11.3. The Morgan fingerprint density at radius 3 is 2.30 bits per heavy atom. The lowest BCUT2D eigenvalue weighted by Crippen LogP contribution is -2.22. The van der Waals surface area contributed by atoms with Crippen LogP contribution in [-0.4, -0.2) is 50.9 Å². The van der Waals surface area contributed by atoms with Crippen LogP contribution in [0.1, 0.15) is 32.7 Å². The number of amides is 1. The van der Waals surface area contributed by atoms with Gasteiger partial charge in [-0.15, -0.1) is 0 Å². The molecular weight excluding hydrogens is 464 g/mol. The van der Waals surface area contributed by atoms with Gasteiger partial charge in [-0.2, -0.15) is 5.10 Å². The molecule has 0 unspecified atom stereocenters. The first kappa shape index (κ1) is 23.1. The van der Waals surface area contributed by atoms with Gasteiger partial charge in [0.1, 0.15) is 5.82 Å². The molecule has 9 nitrogen and oxygen atoms in total. The van der Waals surface area contributed by atoms with E-state index in [1.165, 1.54) is 38.4 Å². The monoisotopic (exact) mass is 488 g/mol. The minimum atomic E-state index is -3.62. The Morgan fingerprint density at radius 2 is 1.70 bits per heavy atom. The molecule has 33 heavy (non-hydrogen) atoms. The molecule has 0 spiro atoms. The van der Waals surface area contributed by atoms with Crippen molar-refractivity contribution in [3.8, 4) is 5.69 Å². The first-order chi connectivity index (χ1) is 15.4. The normalized spacial score (nSPS) is 14.9. The number of carbonyl (C=O) groups is 1. The molecule has 0 radical (unpaired) electrons. The predicted molar refractivity (Wildman–Crippen MR) is 125 cm³/mol. The van der Waals surface area contributed by atoms with Crippen LogP contribution in [0.5, 0.6) is 0 Å². The van der Waals surface area contributed by atoms with Crippen molar-refractivity contribution >= 4 is 31.6 Å². The fraction of sp³-hybridized carbons (Fsp3) is 0.273. The van der Waals surface area contributed by atoms with E-state index in [1.807, 2.05) is 32.0 Å². The molecule has 1 amide bonds. The number of anilines is 1. The molecule has 1 aliphatic rings. The van der Waals surface area contributed by atoms with Gasteiger partial charge in [0.2, 0.25) is 10.0 Å². The number of nitrogens with one attached hydrogen (secondary N) is 1.